The van der Waals surface area contributed by atoms with Gasteiger partial charge in [0.05, 0.1) is 10.5 Å². The number of ether oxygens (including phenoxy) is 1. The van der Waals surface area contributed by atoms with Gasteiger partial charge in [-0.25, -0.2) is 13.1 Å². The minimum Gasteiger partial charge on any atom is -0.377 e. The molecule has 0 aliphatic heterocycles. The largest absolute Gasteiger partial charge is 0.377 e. The molecule has 6 heteroatoms. The molecule has 0 aromatic heterocycles. The Labute approximate surface area is 121 Å². The molecule has 114 valence electrons. The second-order valence-electron chi connectivity index (χ2n) is 5.37. The zero-order chi connectivity index (χ0) is 15.4. The van der Waals surface area contributed by atoms with Gasteiger partial charge >= 0.3 is 0 Å². The Bertz CT molecular complexity index is 524. The number of methoxy groups -OCH3 is 1. The minimum absolute atomic E-state index is 0.187. The molecule has 2 N–H and O–H groups in total. The molecule has 0 radical (unpaired) electrons. The standard InChI is InChI=1S/C14H24N2O3S/c1-11(15-4)12-6-8-13(9-7-12)20(17,18)16-10-14(2,3)19-5/h6-9,11,15-16H,10H2,1-5H3. The lowest BCUT2D eigenvalue weighted by Gasteiger charge is -2.23. The Morgan fingerprint density at radius 1 is 1.25 bits per heavy atom. The van der Waals surface area contributed by atoms with Gasteiger partial charge in [0, 0.05) is 19.7 Å². The van der Waals surface area contributed by atoms with Crippen molar-refractivity contribution in [2.45, 2.75) is 37.3 Å². The fourth-order valence-corrected chi connectivity index (χ4v) is 2.73. The van der Waals surface area contributed by atoms with Crippen LogP contribution in [0.3, 0.4) is 0 Å². The molecule has 1 aromatic carbocycles. The van der Waals surface area contributed by atoms with E-state index < -0.39 is 15.6 Å². The van der Waals surface area contributed by atoms with Crippen LogP contribution in [0, 0.1) is 0 Å². The fraction of sp³-hybridized carbons (Fsp3) is 0.571. The van der Waals surface area contributed by atoms with E-state index in [0.29, 0.717) is 0 Å². The summed E-state index contributed by atoms with van der Waals surface area (Å²) in [6.45, 7) is 5.89. The van der Waals surface area contributed by atoms with Crippen molar-refractivity contribution in [1.82, 2.24) is 10.0 Å². The highest BCUT2D eigenvalue weighted by atomic mass is 32.2. The van der Waals surface area contributed by atoms with Crippen LogP contribution >= 0.6 is 0 Å². The van der Waals surface area contributed by atoms with Crippen LogP contribution in [0.15, 0.2) is 29.2 Å². The Kier molecular flexibility index (Phi) is 5.70. The molecular weight excluding hydrogens is 276 g/mol. The summed E-state index contributed by atoms with van der Waals surface area (Å²) in [4.78, 5) is 0.261. The molecule has 0 saturated heterocycles. The van der Waals surface area contributed by atoms with Crippen LogP contribution in [0.2, 0.25) is 0 Å². The van der Waals surface area contributed by atoms with Crippen molar-refractivity contribution in [2.24, 2.45) is 0 Å². The van der Waals surface area contributed by atoms with E-state index in [1.165, 1.54) is 0 Å². The SMILES string of the molecule is CNC(C)c1ccc(S(=O)(=O)NCC(C)(C)OC)cc1. The van der Waals surface area contributed by atoms with E-state index in [1.807, 2.05) is 40.0 Å². The zero-order valence-electron chi connectivity index (χ0n) is 12.7. The molecular formula is C14H24N2O3S. The van der Waals surface area contributed by atoms with Crippen LogP contribution in [0.5, 0.6) is 0 Å². The summed E-state index contributed by atoms with van der Waals surface area (Å²) in [6.07, 6.45) is 0. The average molecular weight is 300 g/mol. The van der Waals surface area contributed by atoms with Gasteiger partial charge in [0.25, 0.3) is 0 Å². The van der Waals surface area contributed by atoms with Gasteiger partial charge in [0.2, 0.25) is 10.0 Å². The van der Waals surface area contributed by atoms with Crippen molar-refractivity contribution in [2.75, 3.05) is 20.7 Å². The van der Waals surface area contributed by atoms with Crippen LogP contribution in [-0.2, 0) is 14.8 Å². The van der Waals surface area contributed by atoms with Crippen LogP contribution in [0.25, 0.3) is 0 Å². The predicted octanol–water partition coefficient (Wildman–Crippen LogP) is 1.67. The van der Waals surface area contributed by atoms with Gasteiger partial charge in [0.15, 0.2) is 0 Å². The van der Waals surface area contributed by atoms with E-state index in [1.54, 1.807) is 19.2 Å². The van der Waals surface area contributed by atoms with Gasteiger partial charge < -0.3 is 10.1 Å². The number of hydrogen-bond donors (Lipinski definition) is 2. The molecule has 0 spiro atoms. The smallest absolute Gasteiger partial charge is 0.240 e. The van der Waals surface area contributed by atoms with E-state index >= 15 is 0 Å². The zero-order valence-corrected chi connectivity index (χ0v) is 13.5. The third-order valence-corrected chi connectivity index (χ3v) is 4.78. The van der Waals surface area contributed by atoms with Crippen LogP contribution in [0.1, 0.15) is 32.4 Å². The maximum atomic E-state index is 12.2. The summed E-state index contributed by atoms with van der Waals surface area (Å²) in [6, 6.07) is 7.05. The minimum atomic E-state index is -3.50. The van der Waals surface area contributed by atoms with Gasteiger partial charge in [-0.05, 0) is 45.5 Å². The molecule has 5 nitrogen and oxygen atoms in total. The lowest BCUT2D eigenvalue weighted by atomic mass is 10.1. The van der Waals surface area contributed by atoms with Crippen LogP contribution in [0.4, 0.5) is 0 Å². The Morgan fingerprint density at radius 2 is 1.80 bits per heavy atom. The molecule has 0 fully saturated rings. The molecule has 0 heterocycles. The highest BCUT2D eigenvalue weighted by Gasteiger charge is 2.21. The first-order valence-electron chi connectivity index (χ1n) is 6.54. The van der Waals surface area contributed by atoms with Crippen molar-refractivity contribution in [3.8, 4) is 0 Å². The molecule has 0 amide bonds. The number of rotatable bonds is 7. The first-order valence-corrected chi connectivity index (χ1v) is 8.02. The lowest BCUT2D eigenvalue weighted by Crippen LogP contribution is -2.39. The van der Waals surface area contributed by atoms with E-state index in [2.05, 4.69) is 10.0 Å². The van der Waals surface area contributed by atoms with Gasteiger partial charge in [0.1, 0.15) is 0 Å². The molecule has 1 aromatic rings. The molecule has 1 atom stereocenters. The van der Waals surface area contributed by atoms with Gasteiger partial charge in [-0.1, -0.05) is 12.1 Å². The number of sulfonamides is 1. The van der Waals surface area contributed by atoms with Crippen LogP contribution < -0.4 is 10.0 Å². The Hall–Kier alpha value is -0.950. The molecule has 1 rings (SSSR count). The van der Waals surface area contributed by atoms with Gasteiger partial charge in [-0.3, -0.25) is 0 Å². The summed E-state index contributed by atoms with van der Waals surface area (Å²) in [5.74, 6) is 0. The molecule has 0 aliphatic carbocycles. The first-order chi connectivity index (χ1) is 9.22. The molecule has 0 bridgehead atoms. The highest BCUT2D eigenvalue weighted by Crippen LogP contribution is 2.16. The van der Waals surface area contributed by atoms with Crippen molar-refractivity contribution >= 4 is 10.0 Å². The quantitative estimate of drug-likeness (QED) is 0.804. The second-order valence-corrected chi connectivity index (χ2v) is 7.13. The Balaban J connectivity index is 2.83. The maximum Gasteiger partial charge on any atom is 0.240 e. The summed E-state index contributed by atoms with van der Waals surface area (Å²) >= 11 is 0. The van der Waals surface area contributed by atoms with Gasteiger partial charge in [-0.2, -0.15) is 0 Å². The topological polar surface area (TPSA) is 67.4 Å². The van der Waals surface area contributed by atoms with E-state index in [0.717, 1.165) is 5.56 Å². The Morgan fingerprint density at radius 3 is 2.25 bits per heavy atom. The van der Waals surface area contributed by atoms with Crippen molar-refractivity contribution < 1.29 is 13.2 Å². The highest BCUT2D eigenvalue weighted by molar-refractivity contribution is 7.89. The van der Waals surface area contributed by atoms with Gasteiger partial charge in [-0.15, -0.1) is 0 Å². The third-order valence-electron chi connectivity index (χ3n) is 3.36. The average Bonchev–Trinajstić information content (AvgIpc) is 2.45. The monoisotopic (exact) mass is 300 g/mol. The molecule has 20 heavy (non-hydrogen) atoms. The van der Waals surface area contributed by atoms with Crippen molar-refractivity contribution in [1.29, 1.82) is 0 Å². The summed E-state index contributed by atoms with van der Waals surface area (Å²) in [7, 11) is -0.0806. The van der Waals surface area contributed by atoms with E-state index in [-0.39, 0.29) is 17.5 Å². The predicted molar refractivity (Wildman–Crippen MR) is 80.2 cm³/mol. The normalized spacial score (nSPS) is 14.2. The van der Waals surface area contributed by atoms with E-state index in [9.17, 15) is 8.42 Å². The third kappa shape index (κ3) is 4.56. The van der Waals surface area contributed by atoms with Crippen molar-refractivity contribution in [3.05, 3.63) is 29.8 Å². The van der Waals surface area contributed by atoms with Crippen LogP contribution in [-0.4, -0.2) is 34.7 Å². The number of benzene rings is 1. The molecule has 1 unspecified atom stereocenters. The maximum absolute atomic E-state index is 12.2. The second kappa shape index (κ2) is 6.67. The van der Waals surface area contributed by atoms with Crippen molar-refractivity contribution in [3.63, 3.8) is 0 Å². The van der Waals surface area contributed by atoms with E-state index in [4.69, 9.17) is 4.74 Å². The summed E-state index contributed by atoms with van der Waals surface area (Å²) in [5, 5.41) is 3.11. The fourth-order valence-electron chi connectivity index (χ4n) is 1.53. The number of nitrogens with one attached hydrogen (secondary N) is 2. The first kappa shape index (κ1) is 17.1. The number of hydrogen-bond acceptors (Lipinski definition) is 4. The lowest BCUT2D eigenvalue weighted by molar-refractivity contribution is 0.0276. The summed E-state index contributed by atoms with van der Waals surface area (Å²) in [5.41, 5.74) is 0.511. The summed E-state index contributed by atoms with van der Waals surface area (Å²) < 4.78 is 32.1. The molecule has 0 saturated carbocycles. The molecule has 0 aliphatic rings.